The molecule has 6 nitrogen and oxygen atoms in total. The van der Waals surface area contributed by atoms with Gasteiger partial charge in [0.05, 0.1) is 24.1 Å². The minimum Gasteiger partial charge on any atom is -0.495 e. The number of nitrogens with zero attached hydrogens (tertiary/aromatic N) is 1. The molecule has 8 heteroatoms. The molecule has 0 unspecified atom stereocenters. The molecule has 140 valence electrons. The monoisotopic (exact) mass is 396 g/mol. The highest BCUT2D eigenvalue weighted by Gasteiger charge is 2.29. The molecule has 0 radical (unpaired) electrons. The number of anilines is 2. The zero-order chi connectivity index (χ0) is 19.5. The summed E-state index contributed by atoms with van der Waals surface area (Å²) in [6, 6.07) is 10.8. The van der Waals surface area contributed by atoms with E-state index >= 15 is 0 Å². The third-order valence-corrected chi connectivity index (χ3v) is 5.33. The number of benzene rings is 2. The van der Waals surface area contributed by atoms with Gasteiger partial charge in [0.2, 0.25) is 15.9 Å². The van der Waals surface area contributed by atoms with Gasteiger partial charge in [0.1, 0.15) is 11.8 Å². The van der Waals surface area contributed by atoms with Crippen molar-refractivity contribution in [2.75, 3.05) is 23.0 Å². The minimum absolute atomic E-state index is 0.344. The third-order valence-electron chi connectivity index (χ3n) is 3.80. The predicted molar refractivity (Wildman–Crippen MR) is 105 cm³/mol. The largest absolute Gasteiger partial charge is 0.495 e. The van der Waals surface area contributed by atoms with Crippen LogP contribution in [0.25, 0.3) is 0 Å². The van der Waals surface area contributed by atoms with Crippen LogP contribution in [0.15, 0.2) is 42.5 Å². The van der Waals surface area contributed by atoms with Crippen LogP contribution in [0.4, 0.5) is 11.4 Å². The van der Waals surface area contributed by atoms with Gasteiger partial charge in [-0.15, -0.1) is 0 Å². The zero-order valence-corrected chi connectivity index (χ0v) is 16.6. The Morgan fingerprint density at radius 2 is 1.81 bits per heavy atom. The van der Waals surface area contributed by atoms with E-state index in [1.165, 1.54) is 14.0 Å². The normalized spacial score (nSPS) is 12.3. The number of amides is 1. The van der Waals surface area contributed by atoms with Crippen LogP contribution in [0.1, 0.15) is 12.5 Å². The van der Waals surface area contributed by atoms with E-state index < -0.39 is 22.0 Å². The average molecular weight is 397 g/mol. The van der Waals surface area contributed by atoms with Gasteiger partial charge in [-0.25, -0.2) is 8.42 Å². The van der Waals surface area contributed by atoms with Crippen molar-refractivity contribution in [2.24, 2.45) is 0 Å². The Labute approximate surface area is 158 Å². The van der Waals surface area contributed by atoms with Crippen molar-refractivity contribution >= 4 is 38.9 Å². The molecule has 0 bridgehead atoms. The number of carbonyl (C=O) groups is 1. The van der Waals surface area contributed by atoms with Gasteiger partial charge in [0, 0.05) is 5.69 Å². The molecule has 0 aliphatic carbocycles. The van der Waals surface area contributed by atoms with Crippen LogP contribution in [-0.4, -0.2) is 33.7 Å². The van der Waals surface area contributed by atoms with Crippen molar-refractivity contribution in [3.8, 4) is 5.75 Å². The number of hydrogen-bond donors (Lipinski definition) is 1. The number of halogens is 1. The van der Waals surface area contributed by atoms with Crippen molar-refractivity contribution in [1.82, 2.24) is 0 Å². The maximum absolute atomic E-state index is 12.6. The second-order valence-electron chi connectivity index (χ2n) is 5.91. The van der Waals surface area contributed by atoms with Gasteiger partial charge in [0.25, 0.3) is 0 Å². The molecular weight excluding hydrogens is 376 g/mol. The first-order valence-corrected chi connectivity index (χ1v) is 10.1. The van der Waals surface area contributed by atoms with E-state index in [-0.39, 0.29) is 0 Å². The summed E-state index contributed by atoms with van der Waals surface area (Å²) in [5, 5.41) is 3.03. The molecule has 0 spiro atoms. The summed E-state index contributed by atoms with van der Waals surface area (Å²) < 4.78 is 30.7. The number of aryl methyl sites for hydroxylation is 1. The number of nitrogens with one attached hydrogen (secondary N) is 1. The van der Waals surface area contributed by atoms with Crippen LogP contribution in [-0.2, 0) is 14.8 Å². The number of rotatable bonds is 6. The molecule has 0 fully saturated rings. The quantitative estimate of drug-likeness (QED) is 0.811. The number of sulfonamides is 1. The van der Waals surface area contributed by atoms with E-state index in [2.05, 4.69) is 5.32 Å². The maximum Gasteiger partial charge on any atom is 0.247 e. The standard InChI is InChI=1S/C18H21ClN2O4S/c1-12-5-8-15(9-6-12)21(26(4,23)24)13(2)18(22)20-14-7-10-17(25-3)16(19)11-14/h5-11,13H,1-4H3,(H,20,22)/t13-/m1/s1. The fraction of sp³-hybridized carbons (Fsp3) is 0.278. The molecule has 0 saturated carbocycles. The van der Waals surface area contributed by atoms with Crippen molar-refractivity contribution in [2.45, 2.75) is 19.9 Å². The summed E-state index contributed by atoms with van der Waals surface area (Å²) in [6.07, 6.45) is 1.07. The van der Waals surface area contributed by atoms with E-state index in [0.29, 0.717) is 22.1 Å². The van der Waals surface area contributed by atoms with Gasteiger partial charge in [-0.05, 0) is 44.2 Å². The number of hydrogen-bond acceptors (Lipinski definition) is 4. The van der Waals surface area contributed by atoms with Crippen LogP contribution >= 0.6 is 11.6 Å². The summed E-state index contributed by atoms with van der Waals surface area (Å²) in [7, 11) is -2.17. The summed E-state index contributed by atoms with van der Waals surface area (Å²) in [5.41, 5.74) is 1.87. The average Bonchev–Trinajstić information content (AvgIpc) is 2.55. The molecule has 0 heterocycles. The fourth-order valence-corrected chi connectivity index (χ4v) is 3.92. The molecule has 0 saturated heterocycles. The van der Waals surface area contributed by atoms with Gasteiger partial charge in [0.15, 0.2) is 0 Å². The zero-order valence-electron chi connectivity index (χ0n) is 15.0. The SMILES string of the molecule is COc1ccc(NC(=O)[C@@H](C)N(c2ccc(C)cc2)S(C)(=O)=O)cc1Cl. The maximum atomic E-state index is 12.6. The van der Waals surface area contributed by atoms with E-state index in [1.807, 2.05) is 6.92 Å². The topological polar surface area (TPSA) is 75.7 Å². The Balaban J connectivity index is 2.27. The molecular formula is C18H21ClN2O4S. The van der Waals surface area contributed by atoms with Crippen LogP contribution in [0.2, 0.25) is 5.02 Å². The molecule has 0 aliphatic rings. The number of ether oxygens (including phenoxy) is 1. The van der Waals surface area contributed by atoms with Gasteiger partial charge < -0.3 is 10.1 Å². The third kappa shape index (κ3) is 4.68. The van der Waals surface area contributed by atoms with Crippen LogP contribution in [0.3, 0.4) is 0 Å². The second-order valence-corrected chi connectivity index (χ2v) is 8.18. The van der Waals surface area contributed by atoms with Crippen LogP contribution < -0.4 is 14.4 Å². The second kappa shape index (κ2) is 7.97. The Kier molecular flexibility index (Phi) is 6.15. The molecule has 2 rings (SSSR count). The molecule has 2 aromatic carbocycles. The van der Waals surface area contributed by atoms with E-state index in [0.717, 1.165) is 16.1 Å². The summed E-state index contributed by atoms with van der Waals surface area (Å²) in [6.45, 7) is 3.43. The molecule has 1 N–H and O–H groups in total. The fourth-order valence-electron chi connectivity index (χ4n) is 2.49. The summed E-state index contributed by atoms with van der Waals surface area (Å²) in [4.78, 5) is 12.6. The van der Waals surface area contributed by atoms with Crippen molar-refractivity contribution in [3.05, 3.63) is 53.1 Å². The first-order valence-electron chi connectivity index (χ1n) is 7.84. The summed E-state index contributed by atoms with van der Waals surface area (Å²) >= 11 is 6.06. The van der Waals surface area contributed by atoms with Crippen LogP contribution in [0.5, 0.6) is 5.75 Å². The van der Waals surface area contributed by atoms with E-state index in [1.54, 1.807) is 42.5 Å². The van der Waals surface area contributed by atoms with Crippen molar-refractivity contribution < 1.29 is 17.9 Å². The highest BCUT2D eigenvalue weighted by Crippen LogP contribution is 2.28. The molecule has 0 aliphatic heterocycles. The molecule has 1 amide bonds. The lowest BCUT2D eigenvalue weighted by Gasteiger charge is -2.28. The first kappa shape index (κ1) is 20.1. The number of methoxy groups -OCH3 is 1. The lowest BCUT2D eigenvalue weighted by molar-refractivity contribution is -0.116. The molecule has 0 aromatic heterocycles. The predicted octanol–water partition coefficient (Wildman–Crippen LogP) is 3.45. The Morgan fingerprint density at radius 3 is 2.31 bits per heavy atom. The van der Waals surface area contributed by atoms with Gasteiger partial charge >= 0.3 is 0 Å². The van der Waals surface area contributed by atoms with Gasteiger partial charge in [-0.3, -0.25) is 9.10 Å². The van der Waals surface area contributed by atoms with Crippen molar-refractivity contribution in [1.29, 1.82) is 0 Å². The van der Waals surface area contributed by atoms with Crippen molar-refractivity contribution in [3.63, 3.8) is 0 Å². The molecule has 2 aromatic rings. The van der Waals surface area contributed by atoms with E-state index in [4.69, 9.17) is 16.3 Å². The van der Waals surface area contributed by atoms with Gasteiger partial charge in [-0.2, -0.15) is 0 Å². The first-order chi connectivity index (χ1) is 12.1. The van der Waals surface area contributed by atoms with Crippen LogP contribution in [0, 0.1) is 6.92 Å². The highest BCUT2D eigenvalue weighted by atomic mass is 35.5. The molecule has 26 heavy (non-hydrogen) atoms. The highest BCUT2D eigenvalue weighted by molar-refractivity contribution is 7.92. The van der Waals surface area contributed by atoms with E-state index in [9.17, 15) is 13.2 Å². The molecule has 1 atom stereocenters. The lowest BCUT2D eigenvalue weighted by Crippen LogP contribution is -2.45. The smallest absolute Gasteiger partial charge is 0.247 e. The Morgan fingerprint density at radius 1 is 1.19 bits per heavy atom. The number of carbonyl (C=O) groups excluding carboxylic acids is 1. The Hall–Kier alpha value is -2.25. The lowest BCUT2D eigenvalue weighted by atomic mass is 10.2. The summed E-state index contributed by atoms with van der Waals surface area (Å²) in [5.74, 6) is 0.00682. The van der Waals surface area contributed by atoms with Gasteiger partial charge in [-0.1, -0.05) is 29.3 Å². The Bertz CT molecular complexity index is 898. The minimum atomic E-state index is -3.66.